The topological polar surface area (TPSA) is 78.0 Å². The van der Waals surface area contributed by atoms with Gasteiger partial charge >= 0.3 is 0 Å². The Hall–Kier alpha value is -2.56. The van der Waals surface area contributed by atoms with Crippen molar-refractivity contribution in [3.63, 3.8) is 0 Å². The fourth-order valence-corrected chi connectivity index (χ4v) is 1.60. The van der Waals surface area contributed by atoms with Crippen LogP contribution in [0, 0.1) is 0 Å². The first-order valence-electron chi connectivity index (χ1n) is 5.92. The zero-order valence-electron chi connectivity index (χ0n) is 10.5. The largest absolute Gasteiger partial charge is 0.508 e. The highest BCUT2D eigenvalue weighted by molar-refractivity contribution is 5.91. The third-order valence-corrected chi connectivity index (χ3v) is 2.61. The van der Waals surface area contributed by atoms with Crippen LogP contribution in [0.3, 0.4) is 0 Å². The maximum Gasteiger partial charge on any atom is 0.244 e. The Kier molecular flexibility index (Phi) is 3.97. The summed E-state index contributed by atoms with van der Waals surface area (Å²) >= 11 is 0. The summed E-state index contributed by atoms with van der Waals surface area (Å²) in [6, 6.07) is 6.43. The Bertz CT molecular complexity index is 559. The molecule has 1 amide bonds. The Labute approximate surface area is 111 Å². The van der Waals surface area contributed by atoms with Crippen LogP contribution in [-0.2, 0) is 4.79 Å². The third-order valence-electron chi connectivity index (χ3n) is 2.61. The predicted octanol–water partition coefficient (Wildman–Crippen LogP) is 2.01. The number of phenolic OH excluding ortho intramolecular Hbond substituents is 1. The molecule has 1 unspecified atom stereocenters. The molecule has 0 saturated heterocycles. The van der Waals surface area contributed by atoms with E-state index >= 15 is 0 Å². The van der Waals surface area contributed by atoms with E-state index < -0.39 is 0 Å². The summed E-state index contributed by atoms with van der Waals surface area (Å²) in [4.78, 5) is 18.7. The average molecular weight is 257 g/mol. The van der Waals surface area contributed by atoms with Gasteiger partial charge in [-0.05, 0) is 30.7 Å². The number of phenols is 1. The van der Waals surface area contributed by atoms with E-state index in [2.05, 4.69) is 15.3 Å². The van der Waals surface area contributed by atoms with Crippen LogP contribution in [-0.4, -0.2) is 21.0 Å². The molecule has 0 aliphatic rings. The van der Waals surface area contributed by atoms with Gasteiger partial charge in [0.2, 0.25) is 5.91 Å². The van der Waals surface area contributed by atoms with E-state index in [4.69, 9.17) is 5.11 Å². The molecule has 1 aromatic heterocycles. The molecule has 1 atom stereocenters. The van der Waals surface area contributed by atoms with Gasteiger partial charge in [0.15, 0.2) is 0 Å². The van der Waals surface area contributed by atoms with Crippen molar-refractivity contribution < 1.29 is 9.90 Å². The number of amides is 1. The molecule has 1 aromatic carbocycles. The molecule has 0 aliphatic carbocycles. The minimum absolute atomic E-state index is 0.174. The van der Waals surface area contributed by atoms with E-state index in [1.165, 1.54) is 6.08 Å². The van der Waals surface area contributed by atoms with Crippen LogP contribution in [0.4, 0.5) is 0 Å². The Morgan fingerprint density at radius 2 is 2.16 bits per heavy atom. The molecule has 0 bridgehead atoms. The summed E-state index contributed by atoms with van der Waals surface area (Å²) in [6.07, 6.45) is 6.49. The van der Waals surface area contributed by atoms with E-state index in [0.29, 0.717) is 5.82 Å². The lowest BCUT2D eigenvalue weighted by Crippen LogP contribution is -2.25. The lowest BCUT2D eigenvalue weighted by atomic mass is 10.2. The number of carbonyl (C=O) groups is 1. The van der Waals surface area contributed by atoms with Crippen molar-refractivity contribution in [3.05, 3.63) is 54.1 Å². The van der Waals surface area contributed by atoms with E-state index in [9.17, 15) is 4.79 Å². The van der Waals surface area contributed by atoms with E-state index in [1.807, 2.05) is 6.92 Å². The first-order chi connectivity index (χ1) is 9.15. The predicted molar refractivity (Wildman–Crippen MR) is 72.3 cm³/mol. The van der Waals surface area contributed by atoms with Crippen LogP contribution < -0.4 is 5.32 Å². The second-order valence-electron chi connectivity index (χ2n) is 4.13. The van der Waals surface area contributed by atoms with Gasteiger partial charge in [0.25, 0.3) is 0 Å². The van der Waals surface area contributed by atoms with Gasteiger partial charge in [0.05, 0.1) is 6.04 Å². The molecule has 2 rings (SSSR count). The molecule has 3 N–H and O–H groups in total. The minimum atomic E-state index is -0.197. The smallest absolute Gasteiger partial charge is 0.244 e. The van der Waals surface area contributed by atoms with Crippen molar-refractivity contribution in [3.8, 4) is 5.75 Å². The quantitative estimate of drug-likeness (QED) is 0.733. The molecule has 98 valence electrons. The van der Waals surface area contributed by atoms with Gasteiger partial charge in [-0.15, -0.1) is 0 Å². The summed E-state index contributed by atoms with van der Waals surface area (Å²) in [5, 5.41) is 11.9. The molecule has 5 heteroatoms. The van der Waals surface area contributed by atoms with Crippen LogP contribution in [0.5, 0.6) is 5.75 Å². The molecule has 5 nitrogen and oxygen atoms in total. The van der Waals surface area contributed by atoms with Gasteiger partial charge < -0.3 is 15.4 Å². The molecule has 0 saturated carbocycles. The lowest BCUT2D eigenvalue weighted by Gasteiger charge is -2.08. The average Bonchev–Trinajstić information content (AvgIpc) is 2.92. The summed E-state index contributed by atoms with van der Waals surface area (Å²) in [5.41, 5.74) is 0.846. The number of nitrogens with zero attached hydrogens (tertiary/aromatic N) is 1. The maximum absolute atomic E-state index is 11.7. The number of hydrogen-bond acceptors (Lipinski definition) is 3. The second kappa shape index (κ2) is 5.86. The van der Waals surface area contributed by atoms with Crippen LogP contribution >= 0.6 is 0 Å². The highest BCUT2D eigenvalue weighted by Gasteiger charge is 2.08. The number of H-pyrrole nitrogens is 1. The van der Waals surface area contributed by atoms with Gasteiger partial charge in [-0.2, -0.15) is 0 Å². The number of rotatable bonds is 4. The van der Waals surface area contributed by atoms with E-state index in [1.54, 1.807) is 42.7 Å². The number of benzene rings is 1. The summed E-state index contributed by atoms with van der Waals surface area (Å²) < 4.78 is 0. The standard InChI is InChI=1S/C14H15N3O2/c1-10(14-15-8-9-16-14)17-13(19)7-4-11-2-5-12(18)6-3-11/h2-10,18H,1H3,(H,15,16)(H,17,19)/b7-4+. The van der Waals surface area contributed by atoms with Crippen molar-refractivity contribution in [1.29, 1.82) is 0 Å². The van der Waals surface area contributed by atoms with Gasteiger partial charge in [0.1, 0.15) is 11.6 Å². The van der Waals surface area contributed by atoms with Crippen molar-refractivity contribution in [2.24, 2.45) is 0 Å². The third kappa shape index (κ3) is 3.70. The summed E-state index contributed by atoms with van der Waals surface area (Å²) in [5.74, 6) is 0.719. The number of aromatic hydroxyl groups is 1. The summed E-state index contributed by atoms with van der Waals surface area (Å²) in [7, 11) is 0. The zero-order valence-corrected chi connectivity index (χ0v) is 10.5. The fourth-order valence-electron chi connectivity index (χ4n) is 1.60. The SMILES string of the molecule is CC(NC(=O)/C=C/c1ccc(O)cc1)c1ncc[nH]1. The van der Waals surface area contributed by atoms with Gasteiger partial charge in [-0.1, -0.05) is 12.1 Å². The molecule has 1 heterocycles. The molecule has 0 spiro atoms. The molecule has 0 fully saturated rings. The molecule has 0 aliphatic heterocycles. The highest BCUT2D eigenvalue weighted by Crippen LogP contribution is 2.11. The van der Waals surface area contributed by atoms with Crippen molar-refractivity contribution >= 4 is 12.0 Å². The first-order valence-corrected chi connectivity index (χ1v) is 5.92. The van der Waals surface area contributed by atoms with Crippen molar-refractivity contribution in [1.82, 2.24) is 15.3 Å². The lowest BCUT2D eigenvalue weighted by molar-refractivity contribution is -0.117. The fraction of sp³-hybridized carbons (Fsp3) is 0.143. The first kappa shape index (κ1) is 12.9. The highest BCUT2D eigenvalue weighted by atomic mass is 16.3. The Balaban J connectivity index is 1.92. The van der Waals surface area contributed by atoms with Crippen LogP contribution in [0.15, 0.2) is 42.7 Å². The summed E-state index contributed by atoms with van der Waals surface area (Å²) in [6.45, 7) is 1.85. The number of hydrogen-bond donors (Lipinski definition) is 3. The van der Waals surface area contributed by atoms with Gasteiger partial charge in [-0.3, -0.25) is 4.79 Å². The maximum atomic E-state index is 11.7. The zero-order chi connectivity index (χ0) is 13.7. The monoisotopic (exact) mass is 257 g/mol. The van der Waals surface area contributed by atoms with Crippen LogP contribution in [0.25, 0.3) is 6.08 Å². The van der Waals surface area contributed by atoms with Gasteiger partial charge in [-0.25, -0.2) is 4.98 Å². The molecule has 2 aromatic rings. The van der Waals surface area contributed by atoms with Crippen LogP contribution in [0.1, 0.15) is 24.4 Å². The molecule has 0 radical (unpaired) electrons. The van der Waals surface area contributed by atoms with E-state index in [-0.39, 0.29) is 17.7 Å². The number of imidazole rings is 1. The van der Waals surface area contributed by atoms with Crippen molar-refractivity contribution in [2.45, 2.75) is 13.0 Å². The number of aromatic amines is 1. The van der Waals surface area contributed by atoms with Crippen molar-refractivity contribution in [2.75, 3.05) is 0 Å². The molecular weight excluding hydrogens is 242 g/mol. The van der Waals surface area contributed by atoms with E-state index in [0.717, 1.165) is 5.56 Å². The minimum Gasteiger partial charge on any atom is -0.508 e. The number of nitrogens with one attached hydrogen (secondary N) is 2. The Morgan fingerprint density at radius 1 is 1.42 bits per heavy atom. The molecular formula is C14H15N3O2. The molecule has 19 heavy (non-hydrogen) atoms. The Morgan fingerprint density at radius 3 is 2.79 bits per heavy atom. The normalized spacial score (nSPS) is 12.5. The van der Waals surface area contributed by atoms with Crippen LogP contribution in [0.2, 0.25) is 0 Å². The number of aromatic nitrogens is 2. The second-order valence-corrected chi connectivity index (χ2v) is 4.13. The van der Waals surface area contributed by atoms with Gasteiger partial charge in [0, 0.05) is 18.5 Å². The number of carbonyl (C=O) groups excluding carboxylic acids is 1.